The second-order valence-corrected chi connectivity index (χ2v) is 3.49. The average Bonchev–Trinajstić information content (AvgIpc) is 2.79. The molecule has 0 fully saturated rings. The van der Waals surface area contributed by atoms with Crippen molar-refractivity contribution < 1.29 is 14.1 Å². The summed E-state index contributed by atoms with van der Waals surface area (Å²) in [6, 6.07) is 5.94. The molecule has 19 heavy (non-hydrogen) atoms. The van der Waals surface area contributed by atoms with E-state index in [2.05, 4.69) is 4.98 Å². The van der Waals surface area contributed by atoms with Crippen LogP contribution in [-0.4, -0.2) is 17.0 Å². The Bertz CT molecular complexity index is 686. The summed E-state index contributed by atoms with van der Waals surface area (Å²) in [4.78, 5) is 14.1. The smallest absolute Gasteiger partial charge is 0.311 e. The van der Waals surface area contributed by atoms with E-state index in [1.807, 2.05) is 0 Å². The number of nitrogens with zero attached hydrogens (tertiary/aromatic N) is 3. The first-order chi connectivity index (χ1) is 9.06. The predicted molar refractivity (Wildman–Crippen MR) is 64.3 cm³/mol. The second-order valence-electron chi connectivity index (χ2n) is 3.49. The number of nitrogens with two attached hydrogens (primary N) is 1. The number of ether oxygens (including phenoxy) is 1. The highest BCUT2D eigenvalue weighted by molar-refractivity contribution is 5.64. The Morgan fingerprint density at radius 2 is 2.32 bits per heavy atom. The summed E-state index contributed by atoms with van der Waals surface area (Å²) < 4.78 is 9.96. The summed E-state index contributed by atoms with van der Waals surface area (Å²) >= 11 is 0. The number of nitro groups is 1. The zero-order valence-corrected chi connectivity index (χ0v) is 9.78. The second kappa shape index (κ2) is 4.66. The molecule has 1 aromatic carbocycles. The van der Waals surface area contributed by atoms with E-state index < -0.39 is 4.92 Å². The Morgan fingerprint density at radius 1 is 1.58 bits per heavy atom. The minimum Gasteiger partial charge on any atom is -0.490 e. The van der Waals surface area contributed by atoms with Gasteiger partial charge >= 0.3 is 5.69 Å². The molecule has 0 radical (unpaired) electrons. The van der Waals surface area contributed by atoms with Crippen LogP contribution in [0.3, 0.4) is 0 Å². The molecule has 0 spiro atoms. The molecule has 2 rings (SSSR count). The minimum atomic E-state index is -0.583. The Balaban J connectivity index is 2.54. The van der Waals surface area contributed by atoms with Crippen LogP contribution in [0.5, 0.6) is 5.75 Å². The van der Waals surface area contributed by atoms with Crippen LogP contribution in [0.2, 0.25) is 0 Å². The number of hydrogen-bond acceptors (Lipinski definition) is 7. The fourth-order valence-electron chi connectivity index (χ4n) is 1.50. The molecule has 0 amide bonds. The van der Waals surface area contributed by atoms with Crippen molar-refractivity contribution in [3.8, 4) is 23.3 Å². The van der Waals surface area contributed by atoms with Crippen LogP contribution in [0.25, 0.3) is 11.5 Å². The zero-order chi connectivity index (χ0) is 14.0. The number of nitrogen functional groups attached to an aromatic ring is 1. The normalized spacial score (nSPS) is 9.89. The van der Waals surface area contributed by atoms with Crippen LogP contribution < -0.4 is 10.5 Å². The summed E-state index contributed by atoms with van der Waals surface area (Å²) in [6.07, 6.45) is 0. The van der Waals surface area contributed by atoms with E-state index in [1.165, 1.54) is 25.3 Å². The predicted octanol–water partition coefficient (Wildman–Crippen LogP) is 1.71. The Hall–Kier alpha value is -3.08. The van der Waals surface area contributed by atoms with Gasteiger partial charge in [0.05, 0.1) is 12.0 Å². The van der Waals surface area contributed by atoms with Gasteiger partial charge in [0.15, 0.2) is 5.75 Å². The zero-order valence-electron chi connectivity index (χ0n) is 9.78. The van der Waals surface area contributed by atoms with Crippen LogP contribution >= 0.6 is 0 Å². The molecule has 2 aromatic rings. The van der Waals surface area contributed by atoms with E-state index in [9.17, 15) is 10.1 Å². The van der Waals surface area contributed by atoms with Crippen LogP contribution in [0.4, 0.5) is 11.6 Å². The van der Waals surface area contributed by atoms with E-state index in [0.717, 1.165) is 0 Å². The maximum absolute atomic E-state index is 10.9. The highest BCUT2D eigenvalue weighted by Gasteiger charge is 2.19. The number of rotatable bonds is 3. The average molecular weight is 260 g/mol. The lowest BCUT2D eigenvalue weighted by molar-refractivity contribution is -0.385. The number of aromatic nitrogens is 1. The van der Waals surface area contributed by atoms with Crippen molar-refractivity contribution in [1.82, 2.24) is 4.98 Å². The van der Waals surface area contributed by atoms with Crippen LogP contribution in [0.1, 0.15) is 5.69 Å². The molecule has 0 aliphatic heterocycles. The summed E-state index contributed by atoms with van der Waals surface area (Å²) in [5, 5.41) is 19.6. The lowest BCUT2D eigenvalue weighted by Crippen LogP contribution is -1.94. The highest BCUT2D eigenvalue weighted by Crippen LogP contribution is 2.32. The van der Waals surface area contributed by atoms with Crippen molar-refractivity contribution in [2.75, 3.05) is 12.8 Å². The van der Waals surface area contributed by atoms with Crippen molar-refractivity contribution in [2.24, 2.45) is 0 Å². The van der Waals surface area contributed by atoms with Crippen molar-refractivity contribution in [2.45, 2.75) is 0 Å². The molecule has 0 bridgehead atoms. The van der Waals surface area contributed by atoms with Gasteiger partial charge in [-0.25, -0.2) is 0 Å². The number of nitro benzene ring substituents is 1. The number of methoxy groups -OCH3 is 1. The summed E-state index contributed by atoms with van der Waals surface area (Å²) in [6.45, 7) is 0. The molecule has 0 unspecified atom stereocenters. The topological polar surface area (TPSA) is 128 Å². The summed E-state index contributed by atoms with van der Waals surface area (Å²) in [7, 11) is 1.33. The number of anilines is 1. The van der Waals surface area contributed by atoms with Gasteiger partial charge < -0.3 is 14.9 Å². The van der Waals surface area contributed by atoms with Crippen molar-refractivity contribution in [3.05, 3.63) is 34.0 Å². The van der Waals surface area contributed by atoms with Gasteiger partial charge in [0.1, 0.15) is 6.07 Å². The molecule has 0 aliphatic carbocycles. The van der Waals surface area contributed by atoms with E-state index in [1.54, 1.807) is 6.07 Å². The van der Waals surface area contributed by atoms with Crippen molar-refractivity contribution in [3.63, 3.8) is 0 Å². The van der Waals surface area contributed by atoms with Gasteiger partial charge in [-0.15, -0.1) is 0 Å². The number of nitriles is 1. The third-order valence-corrected chi connectivity index (χ3v) is 2.38. The van der Waals surface area contributed by atoms with E-state index >= 15 is 0 Å². The van der Waals surface area contributed by atoms with Gasteiger partial charge in [-0.2, -0.15) is 10.2 Å². The molecule has 0 aliphatic rings. The molecular weight excluding hydrogens is 252 g/mol. The van der Waals surface area contributed by atoms with E-state index in [-0.39, 0.29) is 28.9 Å². The molecule has 0 saturated carbocycles. The number of oxazole rings is 1. The summed E-state index contributed by atoms with van der Waals surface area (Å²) in [5.74, 6) is 0.0320. The van der Waals surface area contributed by atoms with Crippen molar-refractivity contribution in [1.29, 1.82) is 5.26 Å². The standard InChI is InChI=1S/C11H8N4O4/c1-18-9-3-2-6(4-8(9)15(16)17)11-14-7(5-12)10(13)19-11/h2-4H,13H2,1H3. The molecule has 2 N–H and O–H groups in total. The SMILES string of the molecule is COc1ccc(-c2nc(C#N)c(N)o2)cc1[N+](=O)[O-]. The first kappa shape index (κ1) is 12.4. The van der Waals surface area contributed by atoms with Gasteiger partial charge in [-0.05, 0) is 12.1 Å². The van der Waals surface area contributed by atoms with Crippen LogP contribution in [0, 0.1) is 21.4 Å². The molecule has 1 heterocycles. The third-order valence-electron chi connectivity index (χ3n) is 2.38. The van der Waals surface area contributed by atoms with Gasteiger partial charge in [0.25, 0.3) is 0 Å². The van der Waals surface area contributed by atoms with Gasteiger partial charge in [0, 0.05) is 11.6 Å². The first-order valence-electron chi connectivity index (χ1n) is 5.06. The lowest BCUT2D eigenvalue weighted by atomic mass is 10.2. The number of benzene rings is 1. The maximum atomic E-state index is 10.9. The molecule has 0 saturated heterocycles. The van der Waals surface area contributed by atoms with Crippen LogP contribution in [0.15, 0.2) is 22.6 Å². The van der Waals surface area contributed by atoms with Crippen molar-refractivity contribution >= 4 is 11.6 Å². The largest absolute Gasteiger partial charge is 0.490 e. The fraction of sp³-hybridized carbons (Fsp3) is 0.0909. The molecule has 8 nitrogen and oxygen atoms in total. The molecule has 0 atom stereocenters. The molecule has 8 heteroatoms. The molecule has 1 aromatic heterocycles. The molecule has 96 valence electrons. The van der Waals surface area contributed by atoms with Crippen LogP contribution in [-0.2, 0) is 0 Å². The number of hydrogen-bond donors (Lipinski definition) is 1. The highest BCUT2D eigenvalue weighted by atomic mass is 16.6. The van der Waals surface area contributed by atoms with Gasteiger partial charge in [-0.3, -0.25) is 10.1 Å². The minimum absolute atomic E-state index is 0.0415. The first-order valence-corrected chi connectivity index (χ1v) is 5.06. The maximum Gasteiger partial charge on any atom is 0.311 e. The third kappa shape index (κ3) is 2.16. The quantitative estimate of drug-likeness (QED) is 0.656. The Labute approximate surface area is 107 Å². The fourth-order valence-corrected chi connectivity index (χ4v) is 1.50. The van der Waals surface area contributed by atoms with E-state index in [4.69, 9.17) is 20.1 Å². The Kier molecular flexibility index (Phi) is 3.03. The lowest BCUT2D eigenvalue weighted by Gasteiger charge is -2.02. The monoisotopic (exact) mass is 260 g/mol. The summed E-state index contributed by atoms with van der Waals surface area (Å²) in [5.41, 5.74) is 5.48. The Morgan fingerprint density at radius 3 is 2.84 bits per heavy atom. The van der Waals surface area contributed by atoms with Gasteiger partial charge in [-0.1, -0.05) is 0 Å². The van der Waals surface area contributed by atoms with E-state index in [0.29, 0.717) is 5.56 Å². The molecular formula is C11H8N4O4. The van der Waals surface area contributed by atoms with Gasteiger partial charge in [0.2, 0.25) is 17.5 Å².